The number of imidazole rings is 1. The number of aromatic nitrogens is 3. The number of benzene rings is 1. The number of aryl methyl sites for hydroxylation is 1. The van der Waals surface area contributed by atoms with Gasteiger partial charge in [0.25, 0.3) is 0 Å². The third kappa shape index (κ3) is 4.28. The van der Waals surface area contributed by atoms with Crippen LogP contribution in [0.4, 0.5) is 10.5 Å². The smallest absolute Gasteiger partial charge is 0.453 e. The number of ether oxygens (including phenoxy) is 2. The molecule has 0 bridgehead atoms. The fourth-order valence-corrected chi connectivity index (χ4v) is 5.53. The summed E-state index contributed by atoms with van der Waals surface area (Å²) in [6.07, 6.45) is 0.892. The summed E-state index contributed by atoms with van der Waals surface area (Å²) in [6.45, 7) is 4.52. The predicted octanol–water partition coefficient (Wildman–Crippen LogP) is 5.12. The number of hydrogen-bond donors (Lipinski definition) is 4. The second kappa shape index (κ2) is 9.33. The Hall–Kier alpha value is -3.67. The molecule has 190 valence electrons. The number of aromatic amines is 2. The standard InChI is InChI=1S/C25H22ClN5O5S/c1-3-34-25(33)36-23-22-12(8-28-23)20(21-16(29-22)9-27-10-17(21)32)18-4-5-19(35-18)37-24-30-14-6-11(2)13(26)7-15(14)31-24/h4-8,20,27-29H,3,9-10H2,1-2H3,(H,30,31). The van der Waals surface area contributed by atoms with Crippen molar-refractivity contribution in [2.24, 2.45) is 0 Å². The Kier molecular flexibility index (Phi) is 5.98. The van der Waals surface area contributed by atoms with Crippen LogP contribution in [0.3, 0.4) is 0 Å². The van der Waals surface area contributed by atoms with Gasteiger partial charge in [0.2, 0.25) is 5.88 Å². The van der Waals surface area contributed by atoms with Crippen molar-refractivity contribution in [1.82, 2.24) is 20.3 Å². The number of hydrogen-bond acceptors (Lipinski definition) is 9. The fourth-order valence-electron chi connectivity index (χ4n) is 4.60. The van der Waals surface area contributed by atoms with Gasteiger partial charge >= 0.3 is 6.16 Å². The molecule has 0 radical (unpaired) electrons. The van der Waals surface area contributed by atoms with Gasteiger partial charge in [0.05, 0.1) is 30.1 Å². The monoisotopic (exact) mass is 539 g/mol. The van der Waals surface area contributed by atoms with Crippen molar-refractivity contribution < 1.29 is 23.5 Å². The number of rotatable bonds is 5. The van der Waals surface area contributed by atoms with Gasteiger partial charge in [0, 0.05) is 34.6 Å². The number of fused-ring (bicyclic) bond motifs is 2. The Bertz CT molecular complexity index is 1550. The molecule has 4 aromatic rings. The fraction of sp³-hybridized carbons (Fsp3) is 0.240. The normalized spacial score (nSPS) is 16.9. The first-order valence-electron chi connectivity index (χ1n) is 11.6. The van der Waals surface area contributed by atoms with Crippen LogP contribution in [0.1, 0.15) is 29.7 Å². The topological polar surface area (TPSA) is 134 Å². The first kappa shape index (κ1) is 23.7. The second-order valence-corrected chi connectivity index (χ2v) is 10.0. The minimum absolute atomic E-state index is 0.0337. The number of H-pyrrole nitrogens is 2. The lowest BCUT2D eigenvalue weighted by atomic mass is 9.82. The number of ketones is 1. The van der Waals surface area contributed by atoms with E-state index < -0.39 is 12.1 Å². The van der Waals surface area contributed by atoms with Crippen molar-refractivity contribution in [3.63, 3.8) is 0 Å². The van der Waals surface area contributed by atoms with Crippen LogP contribution in [-0.2, 0) is 9.53 Å². The minimum Gasteiger partial charge on any atom is -0.453 e. The van der Waals surface area contributed by atoms with Crippen LogP contribution in [-0.4, -0.2) is 46.6 Å². The summed E-state index contributed by atoms with van der Waals surface area (Å²) in [5.41, 5.74) is 5.23. The van der Waals surface area contributed by atoms with Crippen LogP contribution < -0.4 is 15.4 Å². The number of nitrogens with one attached hydrogen (secondary N) is 4. The van der Waals surface area contributed by atoms with Gasteiger partial charge < -0.3 is 34.5 Å². The molecule has 10 nitrogen and oxygen atoms in total. The predicted molar refractivity (Wildman–Crippen MR) is 137 cm³/mol. The van der Waals surface area contributed by atoms with Gasteiger partial charge in [-0.2, -0.15) is 0 Å². The highest BCUT2D eigenvalue weighted by Crippen LogP contribution is 2.47. The maximum atomic E-state index is 13.0. The molecule has 1 unspecified atom stereocenters. The molecule has 1 atom stereocenters. The molecule has 5 heterocycles. The van der Waals surface area contributed by atoms with Crippen LogP contribution in [0.15, 0.2) is 56.4 Å². The number of halogens is 1. The highest BCUT2D eigenvalue weighted by molar-refractivity contribution is 7.99. The van der Waals surface area contributed by atoms with E-state index in [2.05, 4.69) is 25.6 Å². The van der Waals surface area contributed by atoms with E-state index in [1.54, 1.807) is 13.1 Å². The van der Waals surface area contributed by atoms with Crippen LogP contribution >= 0.6 is 23.4 Å². The Labute approximate surface area is 220 Å². The van der Waals surface area contributed by atoms with Crippen LogP contribution in [0.5, 0.6) is 5.88 Å². The number of nitrogens with zero attached hydrogens (tertiary/aromatic N) is 1. The largest absolute Gasteiger partial charge is 0.515 e. The number of furan rings is 1. The van der Waals surface area contributed by atoms with Gasteiger partial charge in [-0.15, -0.1) is 0 Å². The summed E-state index contributed by atoms with van der Waals surface area (Å²) in [6, 6.07) is 7.49. The quantitative estimate of drug-likeness (QED) is 0.255. The molecule has 6 rings (SSSR count). The molecule has 0 saturated carbocycles. The summed E-state index contributed by atoms with van der Waals surface area (Å²) in [7, 11) is 0. The van der Waals surface area contributed by atoms with Gasteiger partial charge in [-0.3, -0.25) is 4.79 Å². The summed E-state index contributed by atoms with van der Waals surface area (Å²) in [4.78, 5) is 35.8. The third-order valence-electron chi connectivity index (χ3n) is 6.23. The molecular weight excluding hydrogens is 518 g/mol. The first-order valence-corrected chi connectivity index (χ1v) is 12.8. The van der Waals surface area contributed by atoms with Crippen molar-refractivity contribution >= 4 is 52.0 Å². The first-order chi connectivity index (χ1) is 17.9. The van der Waals surface area contributed by atoms with Gasteiger partial charge in [-0.1, -0.05) is 11.6 Å². The van der Waals surface area contributed by atoms with E-state index in [1.807, 2.05) is 31.2 Å². The molecule has 0 aliphatic carbocycles. The average molecular weight is 540 g/mol. The van der Waals surface area contributed by atoms with E-state index in [1.165, 1.54) is 11.8 Å². The molecule has 12 heteroatoms. The molecule has 0 saturated heterocycles. The van der Waals surface area contributed by atoms with E-state index in [4.69, 9.17) is 25.5 Å². The van der Waals surface area contributed by atoms with E-state index in [9.17, 15) is 9.59 Å². The van der Waals surface area contributed by atoms with Crippen LogP contribution in [0, 0.1) is 6.92 Å². The van der Waals surface area contributed by atoms with Gasteiger partial charge in [0.1, 0.15) is 11.4 Å². The van der Waals surface area contributed by atoms with Crippen molar-refractivity contribution in [3.8, 4) is 5.88 Å². The van der Waals surface area contributed by atoms with Crippen molar-refractivity contribution in [2.75, 3.05) is 25.0 Å². The summed E-state index contributed by atoms with van der Waals surface area (Å²) < 4.78 is 16.5. The minimum atomic E-state index is -0.817. The molecular formula is C25H22ClN5O5S. The van der Waals surface area contributed by atoms with Gasteiger partial charge in [-0.05, 0) is 55.4 Å². The maximum absolute atomic E-state index is 13.0. The molecule has 4 N–H and O–H groups in total. The van der Waals surface area contributed by atoms with Crippen LogP contribution in [0.2, 0.25) is 5.02 Å². The SMILES string of the molecule is CCOC(=O)Oc1[nH]cc2c1NC1=C(C(=O)CNC1)C2c1ccc(Sc2nc3cc(Cl)c(C)cc3[nH]2)o1. The Balaban J connectivity index is 1.34. The zero-order valence-corrected chi connectivity index (χ0v) is 21.4. The number of anilines is 1. The van der Waals surface area contributed by atoms with Crippen molar-refractivity contribution in [3.05, 3.63) is 63.6 Å². The lowest BCUT2D eigenvalue weighted by Crippen LogP contribution is -2.39. The molecule has 1 aromatic carbocycles. The Morgan fingerprint density at radius 1 is 1.30 bits per heavy atom. The lowest BCUT2D eigenvalue weighted by molar-refractivity contribution is -0.115. The molecule has 3 aromatic heterocycles. The summed E-state index contributed by atoms with van der Waals surface area (Å²) in [5, 5.41) is 8.28. The Morgan fingerprint density at radius 3 is 3.00 bits per heavy atom. The summed E-state index contributed by atoms with van der Waals surface area (Å²) in [5.74, 6) is 0.279. The van der Waals surface area contributed by atoms with Crippen LogP contribution in [0.25, 0.3) is 11.0 Å². The zero-order valence-electron chi connectivity index (χ0n) is 19.9. The molecule has 0 fully saturated rings. The van der Waals surface area contributed by atoms with Gasteiger partial charge in [0.15, 0.2) is 16.0 Å². The second-order valence-electron chi connectivity index (χ2n) is 8.63. The van der Waals surface area contributed by atoms with E-state index >= 15 is 0 Å². The van der Waals surface area contributed by atoms with E-state index in [-0.39, 0.29) is 24.8 Å². The number of carbonyl (C=O) groups is 2. The van der Waals surface area contributed by atoms with E-state index in [0.29, 0.717) is 44.5 Å². The number of carbonyl (C=O) groups excluding carboxylic acids is 2. The molecule has 2 aliphatic heterocycles. The van der Waals surface area contributed by atoms with Gasteiger partial charge in [-0.25, -0.2) is 9.78 Å². The highest BCUT2D eigenvalue weighted by atomic mass is 35.5. The maximum Gasteiger partial charge on any atom is 0.515 e. The van der Waals surface area contributed by atoms with Crippen molar-refractivity contribution in [1.29, 1.82) is 0 Å². The highest BCUT2D eigenvalue weighted by Gasteiger charge is 2.39. The average Bonchev–Trinajstić information content (AvgIpc) is 3.58. The molecule has 0 amide bonds. The number of Topliss-reactive ketones (excluding diaryl/α,β-unsaturated/α-hetero) is 1. The lowest BCUT2D eigenvalue weighted by Gasteiger charge is -2.31. The Morgan fingerprint density at radius 2 is 2.16 bits per heavy atom. The third-order valence-corrected chi connectivity index (χ3v) is 7.45. The molecule has 0 spiro atoms. The zero-order chi connectivity index (χ0) is 25.7. The van der Waals surface area contributed by atoms with E-state index in [0.717, 1.165) is 22.2 Å². The van der Waals surface area contributed by atoms with Crippen molar-refractivity contribution in [2.45, 2.75) is 30.0 Å². The molecule has 37 heavy (non-hydrogen) atoms. The molecule has 2 aliphatic rings. The summed E-state index contributed by atoms with van der Waals surface area (Å²) >= 11 is 7.58.